The topological polar surface area (TPSA) is 41.6 Å². The van der Waals surface area contributed by atoms with Crippen LogP contribution in [-0.4, -0.2) is 50.2 Å². The molecular formula is C18H25ClN2O2. The molecule has 0 aliphatic carbocycles. The van der Waals surface area contributed by atoms with E-state index in [2.05, 4.69) is 5.32 Å². The third kappa shape index (κ3) is 3.25. The van der Waals surface area contributed by atoms with Crippen LogP contribution in [0.5, 0.6) is 0 Å². The van der Waals surface area contributed by atoms with Gasteiger partial charge in [0.05, 0.1) is 5.41 Å². The van der Waals surface area contributed by atoms with Crippen LogP contribution in [-0.2, 0) is 14.9 Å². The molecule has 1 atom stereocenters. The van der Waals surface area contributed by atoms with Crippen molar-refractivity contribution in [3.05, 3.63) is 34.9 Å². The number of hydrogen-bond acceptors (Lipinski definition) is 3. The lowest BCUT2D eigenvalue weighted by Gasteiger charge is -2.43. The number of hydrogen-bond donors (Lipinski definition) is 1. The zero-order chi connectivity index (χ0) is 16.3. The quantitative estimate of drug-likeness (QED) is 0.922. The number of benzene rings is 1. The Balaban J connectivity index is 1.93. The van der Waals surface area contributed by atoms with E-state index in [4.69, 9.17) is 16.3 Å². The van der Waals surface area contributed by atoms with Crippen LogP contribution in [0.15, 0.2) is 24.3 Å². The Kier molecular flexibility index (Phi) is 5.24. The fourth-order valence-electron chi connectivity index (χ4n) is 3.87. The molecule has 126 valence electrons. The lowest BCUT2D eigenvalue weighted by molar-refractivity contribution is -0.142. The first-order chi connectivity index (χ1) is 11.2. The molecule has 0 saturated carbocycles. The van der Waals surface area contributed by atoms with Crippen molar-refractivity contribution in [2.75, 3.05) is 33.4 Å². The summed E-state index contributed by atoms with van der Waals surface area (Å²) in [6.45, 7) is 2.84. The molecule has 23 heavy (non-hydrogen) atoms. The highest BCUT2D eigenvalue weighted by Gasteiger charge is 2.45. The number of nitrogens with zero attached hydrogens (tertiary/aromatic N) is 1. The van der Waals surface area contributed by atoms with Gasteiger partial charge in [-0.15, -0.1) is 0 Å². The molecule has 0 radical (unpaired) electrons. The second kappa shape index (κ2) is 7.20. The lowest BCUT2D eigenvalue weighted by atomic mass is 9.72. The Morgan fingerprint density at radius 1 is 1.35 bits per heavy atom. The molecule has 2 fully saturated rings. The highest BCUT2D eigenvalue weighted by atomic mass is 35.5. The number of likely N-dealkylation sites (N-methyl/N-ethyl adjacent to an activating group) is 1. The first kappa shape index (κ1) is 16.7. The van der Waals surface area contributed by atoms with E-state index in [1.807, 2.05) is 36.2 Å². The van der Waals surface area contributed by atoms with Gasteiger partial charge in [0.15, 0.2) is 0 Å². The van der Waals surface area contributed by atoms with Crippen LogP contribution in [0.4, 0.5) is 0 Å². The second-order valence-electron chi connectivity index (χ2n) is 6.55. The Bertz CT molecular complexity index is 558. The van der Waals surface area contributed by atoms with Gasteiger partial charge in [-0.3, -0.25) is 4.79 Å². The van der Waals surface area contributed by atoms with Gasteiger partial charge < -0.3 is 15.0 Å². The van der Waals surface area contributed by atoms with Crippen LogP contribution in [0.2, 0.25) is 5.02 Å². The largest absolute Gasteiger partial charge is 0.381 e. The zero-order valence-corrected chi connectivity index (χ0v) is 14.4. The Morgan fingerprint density at radius 2 is 2.09 bits per heavy atom. The van der Waals surface area contributed by atoms with Crippen LogP contribution >= 0.6 is 11.6 Å². The van der Waals surface area contributed by atoms with E-state index >= 15 is 0 Å². The molecule has 2 aliphatic heterocycles. The van der Waals surface area contributed by atoms with E-state index in [1.54, 1.807) is 0 Å². The summed E-state index contributed by atoms with van der Waals surface area (Å²) in [5, 5.41) is 4.00. The summed E-state index contributed by atoms with van der Waals surface area (Å²) in [5.41, 5.74) is 0.424. The molecule has 0 spiro atoms. The molecule has 4 nitrogen and oxygen atoms in total. The normalized spacial score (nSPS) is 24.4. The lowest BCUT2D eigenvalue weighted by Crippen LogP contribution is -2.55. The number of ether oxygens (including phenoxy) is 1. The second-order valence-corrected chi connectivity index (χ2v) is 6.96. The van der Waals surface area contributed by atoms with E-state index in [9.17, 15) is 4.79 Å². The molecule has 0 bridgehead atoms. The molecule has 2 aliphatic rings. The minimum Gasteiger partial charge on any atom is -0.381 e. The average Bonchev–Trinajstić information content (AvgIpc) is 2.62. The summed E-state index contributed by atoms with van der Waals surface area (Å²) in [6, 6.07) is 8.16. The zero-order valence-electron chi connectivity index (χ0n) is 13.7. The average molecular weight is 337 g/mol. The van der Waals surface area contributed by atoms with Crippen molar-refractivity contribution >= 4 is 17.5 Å². The van der Waals surface area contributed by atoms with Crippen LogP contribution in [0, 0.1) is 0 Å². The van der Waals surface area contributed by atoms with Gasteiger partial charge in [-0.2, -0.15) is 0 Å². The summed E-state index contributed by atoms with van der Waals surface area (Å²) >= 11 is 6.46. The van der Waals surface area contributed by atoms with Gasteiger partial charge in [-0.1, -0.05) is 29.8 Å². The number of likely N-dealkylation sites (tertiary alicyclic amines) is 1. The first-order valence-electron chi connectivity index (χ1n) is 8.47. The molecule has 1 N–H and O–H groups in total. The van der Waals surface area contributed by atoms with Crippen LogP contribution < -0.4 is 5.32 Å². The minimum absolute atomic E-state index is 0.217. The fourth-order valence-corrected chi connectivity index (χ4v) is 4.18. The Hall–Kier alpha value is -1.10. The molecule has 0 unspecified atom stereocenters. The number of piperidine rings is 1. The summed E-state index contributed by atoms with van der Waals surface area (Å²) < 4.78 is 5.54. The number of nitrogens with one attached hydrogen (secondary N) is 1. The maximum Gasteiger partial charge on any atom is 0.233 e. The third-order valence-electron chi connectivity index (χ3n) is 5.26. The molecule has 2 saturated heterocycles. The van der Waals surface area contributed by atoms with E-state index in [-0.39, 0.29) is 5.91 Å². The molecule has 3 rings (SSSR count). The molecular weight excluding hydrogens is 312 g/mol. The van der Waals surface area contributed by atoms with Crippen LogP contribution in [0.25, 0.3) is 0 Å². The van der Waals surface area contributed by atoms with Gasteiger partial charge in [0.25, 0.3) is 0 Å². The molecule has 1 amide bonds. The summed E-state index contributed by atoms with van der Waals surface area (Å²) in [5.74, 6) is 0.217. The van der Waals surface area contributed by atoms with Gasteiger partial charge in [0.1, 0.15) is 0 Å². The number of amides is 1. The predicted molar refractivity (Wildman–Crippen MR) is 91.8 cm³/mol. The maximum absolute atomic E-state index is 13.5. The van der Waals surface area contributed by atoms with E-state index < -0.39 is 5.41 Å². The number of halogens is 1. The number of carbonyl (C=O) groups excluding carboxylic acids is 1. The minimum atomic E-state index is -0.535. The highest BCUT2D eigenvalue weighted by Crippen LogP contribution is 2.40. The van der Waals surface area contributed by atoms with E-state index in [1.165, 1.54) is 0 Å². The third-order valence-corrected chi connectivity index (χ3v) is 5.59. The number of rotatable bonds is 3. The van der Waals surface area contributed by atoms with E-state index in [0.717, 1.165) is 31.5 Å². The molecule has 2 heterocycles. The smallest absolute Gasteiger partial charge is 0.233 e. The van der Waals surface area contributed by atoms with Crippen molar-refractivity contribution in [1.82, 2.24) is 10.2 Å². The predicted octanol–water partition coefficient (Wildman–Crippen LogP) is 2.60. The van der Waals surface area contributed by atoms with Crippen LogP contribution in [0.3, 0.4) is 0 Å². The fraction of sp³-hybridized carbons (Fsp3) is 0.611. The van der Waals surface area contributed by atoms with Gasteiger partial charge in [-0.25, -0.2) is 0 Å². The van der Waals surface area contributed by atoms with Crippen molar-refractivity contribution in [3.8, 4) is 0 Å². The van der Waals surface area contributed by atoms with Crippen molar-refractivity contribution < 1.29 is 9.53 Å². The molecule has 1 aromatic carbocycles. The highest BCUT2D eigenvalue weighted by molar-refractivity contribution is 6.31. The van der Waals surface area contributed by atoms with Gasteiger partial charge >= 0.3 is 0 Å². The molecule has 5 heteroatoms. The summed E-state index contributed by atoms with van der Waals surface area (Å²) in [6.07, 6.45) is 3.58. The van der Waals surface area contributed by atoms with Crippen molar-refractivity contribution in [1.29, 1.82) is 0 Å². The molecule has 0 aromatic heterocycles. The van der Waals surface area contributed by atoms with Crippen molar-refractivity contribution in [2.24, 2.45) is 0 Å². The molecule has 1 aromatic rings. The van der Waals surface area contributed by atoms with Gasteiger partial charge in [0.2, 0.25) is 5.91 Å². The van der Waals surface area contributed by atoms with Crippen LogP contribution in [0.1, 0.15) is 31.2 Å². The monoisotopic (exact) mass is 336 g/mol. The van der Waals surface area contributed by atoms with Gasteiger partial charge in [-0.05, 0) is 44.4 Å². The maximum atomic E-state index is 13.5. The Morgan fingerprint density at radius 3 is 2.78 bits per heavy atom. The van der Waals surface area contributed by atoms with Gasteiger partial charge in [0, 0.05) is 37.4 Å². The van der Waals surface area contributed by atoms with E-state index in [0.29, 0.717) is 37.1 Å². The SMILES string of the molecule is CN[C@@H]1CCCN(C(=O)C2(c3ccccc3Cl)CCOCC2)C1. The summed E-state index contributed by atoms with van der Waals surface area (Å²) in [4.78, 5) is 15.5. The standard InChI is InChI=1S/C18H25ClN2O2/c1-20-14-5-4-10-21(13-14)17(22)18(8-11-23-12-9-18)15-6-2-3-7-16(15)19/h2-3,6-7,14,20H,4-5,8-13H2,1H3/t14-/m1/s1. The van der Waals surface area contributed by atoms with Crippen molar-refractivity contribution in [2.45, 2.75) is 37.1 Å². The summed E-state index contributed by atoms with van der Waals surface area (Å²) in [7, 11) is 1.97. The number of carbonyl (C=O) groups is 1. The Labute approximate surface area is 143 Å². The van der Waals surface area contributed by atoms with Crippen molar-refractivity contribution in [3.63, 3.8) is 0 Å². The first-order valence-corrected chi connectivity index (χ1v) is 8.84.